The summed E-state index contributed by atoms with van der Waals surface area (Å²) in [6.45, 7) is 5.21. The number of benzene rings is 1. The Hall–Kier alpha value is -1.63. The van der Waals surface area contributed by atoms with Gasteiger partial charge in [0.2, 0.25) is 5.69 Å². The van der Waals surface area contributed by atoms with Gasteiger partial charge in [0, 0.05) is 17.2 Å². The molecule has 0 aliphatic heterocycles. The van der Waals surface area contributed by atoms with E-state index in [1.807, 2.05) is 6.92 Å². The van der Waals surface area contributed by atoms with Crippen LogP contribution in [0.25, 0.3) is 11.3 Å². The fourth-order valence-electron chi connectivity index (χ4n) is 1.71. The fraction of sp³-hybridized carbons (Fsp3) is 0.267. The van der Waals surface area contributed by atoms with Crippen molar-refractivity contribution in [3.05, 3.63) is 53.1 Å². The molecular weight excluding hydrogens is 194 g/mol. The van der Waals surface area contributed by atoms with E-state index < -0.39 is 0 Å². The molecule has 0 radical (unpaired) electrons. The standard InChI is InChI=1S/C15H18N/c1-11-9-10-16(4)15(13(11)3)14-8-6-5-7-12(14)2/h5-10H,1-4H3/q+1/i5D,6D,7D,8D,9D,10D. The summed E-state index contributed by atoms with van der Waals surface area (Å²) < 4.78 is 49.3. The summed E-state index contributed by atoms with van der Waals surface area (Å²) in [5.74, 6) is 0. The Morgan fingerprint density at radius 1 is 1.00 bits per heavy atom. The molecule has 2 rings (SSSR count). The maximum absolute atomic E-state index is 8.19. The summed E-state index contributed by atoms with van der Waals surface area (Å²) in [5.41, 5.74) is 2.79. The second kappa shape index (κ2) is 4.09. The Kier molecular flexibility index (Phi) is 1.44. The van der Waals surface area contributed by atoms with Crippen LogP contribution in [-0.2, 0) is 7.05 Å². The Morgan fingerprint density at radius 3 is 2.44 bits per heavy atom. The molecule has 1 heterocycles. The van der Waals surface area contributed by atoms with Gasteiger partial charge in [-0.1, -0.05) is 18.1 Å². The second-order valence-electron chi connectivity index (χ2n) is 3.89. The largest absolute Gasteiger partial charge is 0.215 e. The highest BCUT2D eigenvalue weighted by Crippen LogP contribution is 2.24. The number of nitrogens with zero attached hydrogens (tertiary/aromatic N) is 1. The molecular formula is C15H18N+. The lowest BCUT2D eigenvalue weighted by Crippen LogP contribution is -2.31. The van der Waals surface area contributed by atoms with E-state index in [0.717, 1.165) is 5.56 Å². The first-order chi connectivity index (χ1) is 10.1. The van der Waals surface area contributed by atoms with E-state index in [4.69, 9.17) is 8.22 Å². The van der Waals surface area contributed by atoms with Crippen LogP contribution in [0.4, 0.5) is 0 Å². The van der Waals surface area contributed by atoms with E-state index >= 15 is 0 Å². The molecule has 1 aromatic carbocycles. The highest BCUT2D eigenvalue weighted by Gasteiger charge is 2.16. The van der Waals surface area contributed by atoms with Gasteiger partial charge in [0.25, 0.3) is 0 Å². The third-order valence-electron chi connectivity index (χ3n) is 2.78. The summed E-state index contributed by atoms with van der Waals surface area (Å²) >= 11 is 0. The van der Waals surface area contributed by atoms with Crippen LogP contribution >= 0.6 is 0 Å². The van der Waals surface area contributed by atoms with Gasteiger partial charge < -0.3 is 0 Å². The topological polar surface area (TPSA) is 3.88 Å². The molecule has 82 valence electrons. The van der Waals surface area contributed by atoms with Crippen molar-refractivity contribution in [2.24, 2.45) is 7.05 Å². The average molecular weight is 218 g/mol. The SMILES string of the molecule is [2H]c1c([2H])c([2H])c(-c2c(C)c(C)c([2H])c([2H])[n+]2C)c(C)c1[2H]. The van der Waals surface area contributed by atoms with Crippen LogP contribution in [0.3, 0.4) is 0 Å². The molecule has 1 heteroatoms. The molecule has 0 unspecified atom stereocenters. The summed E-state index contributed by atoms with van der Waals surface area (Å²) in [5, 5.41) is 0. The van der Waals surface area contributed by atoms with E-state index in [-0.39, 0.29) is 36.4 Å². The minimum absolute atomic E-state index is 0.0184. The number of aromatic nitrogens is 1. The van der Waals surface area contributed by atoms with Crippen molar-refractivity contribution in [1.82, 2.24) is 0 Å². The highest BCUT2D eigenvalue weighted by molar-refractivity contribution is 5.64. The Bertz CT molecular complexity index is 672. The van der Waals surface area contributed by atoms with E-state index in [1.54, 1.807) is 20.9 Å². The van der Waals surface area contributed by atoms with Gasteiger partial charge in [-0.3, -0.25) is 0 Å². The molecule has 0 atom stereocenters. The highest BCUT2D eigenvalue weighted by atomic mass is 14.9. The summed E-state index contributed by atoms with van der Waals surface area (Å²) in [7, 11) is 1.64. The zero-order valence-electron chi connectivity index (χ0n) is 15.9. The number of hydrogen-bond acceptors (Lipinski definition) is 0. The molecule has 0 aliphatic rings. The van der Waals surface area contributed by atoms with Crippen molar-refractivity contribution in [3.63, 3.8) is 0 Å². The summed E-state index contributed by atoms with van der Waals surface area (Å²) in [4.78, 5) is 0. The van der Waals surface area contributed by atoms with Crippen LogP contribution < -0.4 is 4.57 Å². The van der Waals surface area contributed by atoms with Gasteiger partial charge in [-0.25, -0.2) is 4.57 Å². The molecule has 2 aromatic rings. The van der Waals surface area contributed by atoms with Crippen molar-refractivity contribution in [1.29, 1.82) is 0 Å². The lowest BCUT2D eigenvalue weighted by atomic mass is 9.99. The van der Waals surface area contributed by atoms with E-state index in [1.165, 1.54) is 4.57 Å². The maximum Gasteiger partial charge on any atom is 0.215 e. The minimum Gasteiger partial charge on any atom is -0.201 e. The van der Waals surface area contributed by atoms with Crippen LogP contribution in [0.2, 0.25) is 0 Å². The van der Waals surface area contributed by atoms with Gasteiger partial charge in [0.15, 0.2) is 6.17 Å². The van der Waals surface area contributed by atoms with Gasteiger partial charge >= 0.3 is 0 Å². The molecule has 0 saturated carbocycles. The van der Waals surface area contributed by atoms with E-state index in [2.05, 4.69) is 0 Å². The molecule has 16 heavy (non-hydrogen) atoms. The zero-order valence-corrected chi connectivity index (χ0v) is 9.95. The van der Waals surface area contributed by atoms with E-state index in [9.17, 15) is 0 Å². The minimum atomic E-state index is -0.288. The summed E-state index contributed by atoms with van der Waals surface area (Å²) in [6, 6.07) is -0.610. The van der Waals surface area contributed by atoms with Crippen molar-refractivity contribution in [2.75, 3.05) is 0 Å². The van der Waals surface area contributed by atoms with Crippen LogP contribution in [0.5, 0.6) is 0 Å². The lowest BCUT2D eigenvalue weighted by molar-refractivity contribution is -0.660. The number of rotatable bonds is 1. The van der Waals surface area contributed by atoms with E-state index in [0.29, 0.717) is 22.4 Å². The molecule has 0 fully saturated rings. The second-order valence-corrected chi connectivity index (χ2v) is 3.89. The third-order valence-corrected chi connectivity index (χ3v) is 2.78. The van der Waals surface area contributed by atoms with Crippen molar-refractivity contribution >= 4 is 0 Å². The Labute approximate surface area is 106 Å². The zero-order chi connectivity index (χ0) is 16.9. The van der Waals surface area contributed by atoms with Crippen LogP contribution in [0, 0.1) is 20.8 Å². The van der Waals surface area contributed by atoms with Crippen LogP contribution in [0.1, 0.15) is 24.9 Å². The molecule has 0 amide bonds. The maximum atomic E-state index is 8.19. The van der Waals surface area contributed by atoms with Crippen molar-refractivity contribution in [2.45, 2.75) is 20.8 Å². The molecule has 1 aromatic heterocycles. The molecule has 0 saturated heterocycles. The van der Waals surface area contributed by atoms with Crippen molar-refractivity contribution < 1.29 is 12.8 Å². The number of pyridine rings is 1. The third kappa shape index (κ3) is 1.73. The molecule has 1 nitrogen and oxygen atoms in total. The van der Waals surface area contributed by atoms with Gasteiger partial charge in [-0.2, -0.15) is 0 Å². The quantitative estimate of drug-likeness (QED) is 0.648. The molecule has 0 aliphatic carbocycles. The first-order valence-electron chi connectivity index (χ1n) is 8.14. The predicted molar refractivity (Wildman–Crippen MR) is 67.3 cm³/mol. The van der Waals surface area contributed by atoms with Gasteiger partial charge in [0.1, 0.15) is 8.42 Å². The lowest BCUT2D eigenvalue weighted by Gasteiger charge is -2.08. The molecule has 0 bridgehead atoms. The average Bonchev–Trinajstić information content (AvgIpc) is 2.50. The number of hydrogen-bond donors (Lipinski definition) is 0. The Balaban J connectivity index is 3.03. The first-order valence-corrected chi connectivity index (χ1v) is 5.14. The Morgan fingerprint density at radius 2 is 1.69 bits per heavy atom. The van der Waals surface area contributed by atoms with Gasteiger partial charge in [-0.05, 0) is 37.9 Å². The first kappa shape index (κ1) is 5.62. The van der Waals surface area contributed by atoms with Crippen molar-refractivity contribution in [3.8, 4) is 11.3 Å². The van der Waals surface area contributed by atoms with Gasteiger partial charge in [-0.15, -0.1) is 0 Å². The normalized spacial score (nSPS) is 15.8. The summed E-state index contributed by atoms with van der Waals surface area (Å²) in [6.07, 6.45) is 0.0184. The monoisotopic (exact) mass is 218 g/mol. The smallest absolute Gasteiger partial charge is 0.201 e. The van der Waals surface area contributed by atoms with Crippen LogP contribution in [0.15, 0.2) is 36.4 Å². The molecule has 0 spiro atoms. The predicted octanol–water partition coefficient (Wildman–Crippen LogP) is 3.10. The van der Waals surface area contributed by atoms with Crippen LogP contribution in [-0.4, -0.2) is 0 Å². The molecule has 0 N–H and O–H groups in total. The fourth-order valence-corrected chi connectivity index (χ4v) is 1.71. The van der Waals surface area contributed by atoms with Gasteiger partial charge in [0.05, 0.1) is 6.85 Å².